The molecule has 7 heteroatoms. The van der Waals surface area contributed by atoms with Crippen LogP contribution in [0, 0.1) is 31.1 Å². The first-order valence-electron chi connectivity index (χ1n) is 14.3. The van der Waals surface area contributed by atoms with Gasteiger partial charge in [0.1, 0.15) is 6.04 Å². The lowest BCUT2D eigenvalue weighted by Gasteiger charge is -2.37. The van der Waals surface area contributed by atoms with Gasteiger partial charge in [-0.3, -0.25) is 14.5 Å². The van der Waals surface area contributed by atoms with Crippen LogP contribution in [0.5, 0.6) is 17.2 Å². The summed E-state index contributed by atoms with van der Waals surface area (Å²) in [5.41, 5.74) is 3.20. The molecular formula is C36H44N2O5. The molecule has 0 heterocycles. The van der Waals surface area contributed by atoms with Gasteiger partial charge in [-0.1, -0.05) is 74.2 Å². The molecule has 0 saturated carbocycles. The largest absolute Gasteiger partial charge is 0.493 e. The van der Waals surface area contributed by atoms with Gasteiger partial charge in [-0.25, -0.2) is 0 Å². The zero-order chi connectivity index (χ0) is 31.9. The highest BCUT2D eigenvalue weighted by atomic mass is 16.5. The highest BCUT2D eigenvalue weighted by molar-refractivity contribution is 6.10. The van der Waals surface area contributed by atoms with Crippen LogP contribution in [0.15, 0.2) is 60.7 Å². The Labute approximate surface area is 256 Å². The molecule has 1 unspecified atom stereocenters. The lowest BCUT2D eigenvalue weighted by atomic mass is 9.81. The number of amides is 2. The van der Waals surface area contributed by atoms with Crippen molar-refractivity contribution in [3.8, 4) is 29.1 Å². The van der Waals surface area contributed by atoms with Crippen molar-refractivity contribution in [2.75, 3.05) is 26.2 Å². The molecule has 3 aromatic carbocycles. The predicted molar refractivity (Wildman–Crippen MR) is 172 cm³/mol. The quantitative estimate of drug-likeness (QED) is 0.281. The van der Waals surface area contributed by atoms with Gasteiger partial charge in [-0.2, -0.15) is 0 Å². The van der Waals surface area contributed by atoms with E-state index in [1.54, 1.807) is 12.1 Å². The summed E-state index contributed by atoms with van der Waals surface area (Å²) in [6.45, 7) is 14.3. The van der Waals surface area contributed by atoms with Crippen molar-refractivity contribution >= 4 is 17.5 Å². The molecule has 0 saturated heterocycles. The number of anilines is 1. The average Bonchev–Trinajstić information content (AvgIpc) is 2.93. The minimum Gasteiger partial charge on any atom is -0.493 e. The molecule has 1 N–H and O–H groups in total. The molecule has 0 aliphatic rings. The van der Waals surface area contributed by atoms with Gasteiger partial charge in [0.2, 0.25) is 11.7 Å². The van der Waals surface area contributed by atoms with Gasteiger partial charge in [0.05, 0.1) is 27.0 Å². The second-order valence-electron chi connectivity index (χ2n) is 12.6. The van der Waals surface area contributed by atoms with Crippen LogP contribution >= 0.6 is 0 Å². The molecule has 3 rings (SSSR count). The Morgan fingerprint density at radius 3 is 1.79 bits per heavy atom. The SMILES string of the molecule is COc1cc(N(C(=O)C#Cc2ccc(C)cc2)C(C(=O)NC(C)(C)CC(C)(C)C)c2ccc(C)cc2)cc(OC)c1OC. The fraction of sp³-hybridized carbons (Fsp3) is 0.389. The highest BCUT2D eigenvalue weighted by Crippen LogP contribution is 2.43. The van der Waals surface area contributed by atoms with Crippen molar-refractivity contribution in [1.29, 1.82) is 0 Å². The van der Waals surface area contributed by atoms with Crippen LogP contribution in [-0.4, -0.2) is 38.7 Å². The second kappa shape index (κ2) is 13.7. The summed E-state index contributed by atoms with van der Waals surface area (Å²) in [5, 5.41) is 3.22. The fourth-order valence-electron chi connectivity index (χ4n) is 5.35. The first kappa shape index (κ1) is 33.1. The third-order valence-corrected chi connectivity index (χ3v) is 6.85. The van der Waals surface area contributed by atoms with Crippen molar-refractivity contribution < 1.29 is 23.8 Å². The zero-order valence-corrected chi connectivity index (χ0v) is 27.0. The molecule has 0 aromatic heterocycles. The Balaban J connectivity index is 2.26. The fourth-order valence-corrected chi connectivity index (χ4v) is 5.35. The maximum absolute atomic E-state index is 14.4. The number of hydrogen-bond donors (Lipinski definition) is 1. The van der Waals surface area contributed by atoms with Crippen LogP contribution in [-0.2, 0) is 9.59 Å². The molecule has 1 atom stereocenters. The van der Waals surface area contributed by atoms with Crippen molar-refractivity contribution in [2.24, 2.45) is 5.41 Å². The summed E-state index contributed by atoms with van der Waals surface area (Å²) in [6.07, 6.45) is 0.720. The number of carbonyl (C=O) groups excluding carboxylic acids is 2. The number of aryl methyl sites for hydroxylation is 2. The maximum atomic E-state index is 14.4. The van der Waals surface area contributed by atoms with Gasteiger partial charge in [-0.05, 0) is 57.2 Å². The minimum absolute atomic E-state index is 0.0398. The number of benzene rings is 3. The topological polar surface area (TPSA) is 77.1 Å². The standard InChI is InChI=1S/C36H44N2O5/c1-24-11-15-26(16-12-24)17-20-31(39)38(28-21-29(41-8)33(43-10)30(22-28)42-9)32(27-18-13-25(2)14-19-27)34(40)37-36(6,7)23-35(3,4)5/h11-16,18-19,21-22,32H,23H2,1-10H3,(H,37,40). The van der Waals surface area contributed by atoms with Gasteiger partial charge in [-0.15, -0.1) is 0 Å². The van der Waals surface area contributed by atoms with Crippen LogP contribution in [0.25, 0.3) is 0 Å². The number of nitrogens with zero attached hydrogens (tertiary/aromatic N) is 1. The monoisotopic (exact) mass is 584 g/mol. The Bertz CT molecular complexity index is 1460. The summed E-state index contributed by atoms with van der Waals surface area (Å²) < 4.78 is 16.7. The van der Waals surface area contributed by atoms with E-state index in [9.17, 15) is 9.59 Å². The predicted octanol–water partition coefficient (Wildman–Crippen LogP) is 6.79. The Kier molecular flexibility index (Phi) is 10.5. The van der Waals surface area contributed by atoms with Crippen LogP contribution in [0.1, 0.15) is 69.3 Å². The lowest BCUT2D eigenvalue weighted by Crippen LogP contribution is -2.51. The van der Waals surface area contributed by atoms with E-state index in [1.165, 1.54) is 26.2 Å². The molecule has 2 amide bonds. The number of rotatable bonds is 9. The molecule has 43 heavy (non-hydrogen) atoms. The summed E-state index contributed by atoms with van der Waals surface area (Å²) >= 11 is 0. The van der Waals surface area contributed by atoms with E-state index in [1.807, 2.05) is 76.2 Å². The molecule has 7 nitrogen and oxygen atoms in total. The first-order valence-corrected chi connectivity index (χ1v) is 14.3. The van der Waals surface area contributed by atoms with E-state index in [-0.39, 0.29) is 11.3 Å². The molecule has 0 spiro atoms. The van der Waals surface area contributed by atoms with E-state index in [0.717, 1.165) is 17.5 Å². The Morgan fingerprint density at radius 2 is 1.33 bits per heavy atom. The Morgan fingerprint density at radius 1 is 0.814 bits per heavy atom. The van der Waals surface area contributed by atoms with Gasteiger partial charge < -0.3 is 19.5 Å². The summed E-state index contributed by atoms with van der Waals surface area (Å²) in [5.74, 6) is 5.92. The van der Waals surface area contributed by atoms with Crippen molar-refractivity contribution in [3.05, 3.63) is 82.9 Å². The molecule has 0 fully saturated rings. The molecule has 0 bridgehead atoms. The van der Waals surface area contributed by atoms with Crippen LogP contribution in [0.2, 0.25) is 0 Å². The molecule has 0 radical (unpaired) electrons. The van der Waals surface area contributed by atoms with Crippen LogP contribution in [0.3, 0.4) is 0 Å². The third-order valence-electron chi connectivity index (χ3n) is 6.85. The average molecular weight is 585 g/mol. The van der Waals surface area contributed by atoms with Gasteiger partial charge in [0, 0.05) is 29.2 Å². The van der Waals surface area contributed by atoms with E-state index < -0.39 is 17.5 Å². The zero-order valence-electron chi connectivity index (χ0n) is 27.0. The minimum atomic E-state index is -1.05. The van der Waals surface area contributed by atoms with E-state index >= 15 is 0 Å². The van der Waals surface area contributed by atoms with Crippen LogP contribution in [0.4, 0.5) is 5.69 Å². The summed E-state index contributed by atoms with van der Waals surface area (Å²) in [7, 11) is 4.52. The highest BCUT2D eigenvalue weighted by Gasteiger charge is 2.37. The Hall–Kier alpha value is -4.44. The van der Waals surface area contributed by atoms with Gasteiger partial charge in [0.25, 0.3) is 0 Å². The molecule has 228 valence electrons. The summed E-state index contributed by atoms with van der Waals surface area (Å²) in [4.78, 5) is 29.9. The van der Waals surface area contributed by atoms with Gasteiger partial charge in [0.15, 0.2) is 11.5 Å². The smallest absolute Gasteiger partial charge is 0.304 e. The number of carbonyl (C=O) groups is 2. The number of nitrogens with one attached hydrogen (secondary N) is 1. The van der Waals surface area contributed by atoms with Gasteiger partial charge >= 0.3 is 5.91 Å². The molecule has 3 aromatic rings. The maximum Gasteiger partial charge on any atom is 0.304 e. The van der Waals surface area contributed by atoms with Crippen molar-refractivity contribution in [1.82, 2.24) is 5.32 Å². The first-order chi connectivity index (χ1) is 20.2. The van der Waals surface area contributed by atoms with Crippen molar-refractivity contribution in [3.63, 3.8) is 0 Å². The number of ether oxygens (including phenoxy) is 3. The van der Waals surface area contributed by atoms with Crippen LogP contribution < -0.4 is 24.4 Å². The van der Waals surface area contributed by atoms with E-state index in [0.29, 0.717) is 34.1 Å². The third kappa shape index (κ3) is 8.78. The summed E-state index contributed by atoms with van der Waals surface area (Å²) in [6, 6.07) is 17.4. The molecular weight excluding hydrogens is 540 g/mol. The number of hydrogen-bond acceptors (Lipinski definition) is 5. The van der Waals surface area contributed by atoms with Crippen molar-refractivity contribution in [2.45, 2.75) is 66.5 Å². The normalized spacial score (nSPS) is 12.0. The molecule has 0 aliphatic carbocycles. The van der Waals surface area contributed by atoms with E-state index in [4.69, 9.17) is 14.2 Å². The number of methoxy groups -OCH3 is 3. The molecule has 0 aliphatic heterocycles. The lowest BCUT2D eigenvalue weighted by molar-refractivity contribution is -0.126. The van der Waals surface area contributed by atoms with E-state index in [2.05, 4.69) is 37.9 Å². The second-order valence-corrected chi connectivity index (χ2v) is 12.6.